The van der Waals surface area contributed by atoms with E-state index in [1.165, 1.54) is 18.9 Å². The summed E-state index contributed by atoms with van der Waals surface area (Å²) in [5.74, 6) is 0. The van der Waals surface area contributed by atoms with Gasteiger partial charge in [-0.05, 0) is 44.5 Å². The average Bonchev–Trinajstić information content (AvgIpc) is 1.87. The summed E-state index contributed by atoms with van der Waals surface area (Å²) in [6.45, 7) is 6.62. The molecule has 2 nitrogen and oxygen atoms in total. The van der Waals surface area contributed by atoms with Crippen LogP contribution in [0.5, 0.6) is 0 Å². The number of carbonyl (C=O) groups excluding carboxylic acids is 1. The van der Waals surface area contributed by atoms with E-state index in [-0.39, 0.29) is 0 Å². The van der Waals surface area contributed by atoms with Crippen LogP contribution in [0.25, 0.3) is 0 Å². The Labute approximate surface area is 79.8 Å². The molecule has 0 spiro atoms. The van der Waals surface area contributed by atoms with Gasteiger partial charge in [0.25, 0.3) is 0 Å². The van der Waals surface area contributed by atoms with Gasteiger partial charge in [0.05, 0.1) is 0 Å². The maximum Gasteiger partial charge on any atom is 0.245 e. The molecule has 72 valence electrons. The molecule has 12 heavy (non-hydrogen) atoms. The molecule has 3 heteroatoms. The second-order valence-electron chi connectivity index (χ2n) is 2.67. The van der Waals surface area contributed by atoms with Crippen molar-refractivity contribution in [2.45, 2.75) is 33.6 Å². The third-order valence-corrected chi connectivity index (χ3v) is 1.07. The third-order valence-electron chi connectivity index (χ3n) is 0.960. The van der Waals surface area contributed by atoms with Gasteiger partial charge in [-0.3, -0.25) is 4.79 Å². The fourth-order valence-corrected chi connectivity index (χ4v) is 0.649. The molecule has 0 aromatic carbocycles. The Morgan fingerprint density at radius 3 is 2.00 bits per heavy atom. The van der Waals surface area contributed by atoms with Crippen molar-refractivity contribution < 1.29 is 4.79 Å². The topological polar surface area (TPSA) is 43.1 Å². The fraction of sp³-hybridized carbons (Fsp3) is 0.667. The molecule has 2 N–H and O–H groups in total. The van der Waals surface area contributed by atoms with E-state index in [1.54, 1.807) is 0 Å². The van der Waals surface area contributed by atoms with Crippen LogP contribution in [0.3, 0.4) is 0 Å². The van der Waals surface area contributed by atoms with Gasteiger partial charge in [-0.25, -0.2) is 0 Å². The van der Waals surface area contributed by atoms with Crippen LogP contribution in [0.1, 0.15) is 33.6 Å². The molecule has 0 aromatic rings. The number of rotatable bonds is 3. The Kier molecular flexibility index (Phi) is 12.6. The van der Waals surface area contributed by atoms with Crippen molar-refractivity contribution in [3.05, 3.63) is 11.6 Å². The minimum atomic E-state index is -0.403. The second-order valence-corrected chi connectivity index (χ2v) is 3.04. The largest absolute Gasteiger partial charge is 0.330 e. The first-order valence-corrected chi connectivity index (χ1v) is 4.46. The van der Waals surface area contributed by atoms with Crippen molar-refractivity contribution in [2.24, 2.45) is 5.73 Å². The van der Waals surface area contributed by atoms with Crippen LogP contribution < -0.4 is 5.73 Å². The van der Waals surface area contributed by atoms with Gasteiger partial charge in [0.2, 0.25) is 5.24 Å². The number of hydrogen-bond acceptors (Lipinski definition) is 2. The minimum absolute atomic E-state index is 0.403. The number of unbranched alkanes of at least 4 members (excludes halogenated alkanes) is 1. The molecule has 0 atom stereocenters. The number of carbonyl (C=O) groups is 1. The highest BCUT2D eigenvalue weighted by molar-refractivity contribution is 6.66. The molecule has 0 saturated carbocycles. The molecule has 0 aliphatic carbocycles. The third kappa shape index (κ3) is 22.6. The molecule has 0 amide bonds. The van der Waals surface area contributed by atoms with E-state index in [4.69, 9.17) is 17.3 Å². The van der Waals surface area contributed by atoms with Gasteiger partial charge >= 0.3 is 0 Å². The molecule has 0 unspecified atom stereocenters. The summed E-state index contributed by atoms with van der Waals surface area (Å²) >= 11 is 4.96. The summed E-state index contributed by atoms with van der Waals surface area (Å²) in [4.78, 5) is 9.94. The zero-order valence-electron chi connectivity index (χ0n) is 8.06. The highest BCUT2D eigenvalue weighted by atomic mass is 35.5. The average molecular weight is 192 g/mol. The molecule has 0 heterocycles. The van der Waals surface area contributed by atoms with Crippen LogP contribution in [0.2, 0.25) is 0 Å². The highest BCUT2D eigenvalue weighted by Gasteiger charge is 1.83. The van der Waals surface area contributed by atoms with Crippen molar-refractivity contribution in [3.8, 4) is 0 Å². The van der Waals surface area contributed by atoms with Crippen molar-refractivity contribution in [1.82, 2.24) is 0 Å². The van der Waals surface area contributed by atoms with Gasteiger partial charge in [-0.15, -0.1) is 0 Å². The lowest BCUT2D eigenvalue weighted by molar-refractivity contribution is -0.107. The molecule has 0 rings (SSSR count). The predicted molar refractivity (Wildman–Crippen MR) is 54.3 cm³/mol. The first-order chi connectivity index (χ1) is 5.54. The lowest BCUT2D eigenvalue weighted by Crippen LogP contribution is -1.95. The van der Waals surface area contributed by atoms with E-state index >= 15 is 0 Å². The summed E-state index contributed by atoms with van der Waals surface area (Å²) in [7, 11) is 0. The SMILES string of the molecule is CC(C)=CC(=O)Cl.CCCCN. The minimum Gasteiger partial charge on any atom is -0.330 e. The lowest BCUT2D eigenvalue weighted by atomic mass is 10.3. The zero-order valence-corrected chi connectivity index (χ0v) is 8.82. The smallest absolute Gasteiger partial charge is 0.245 e. The van der Waals surface area contributed by atoms with Gasteiger partial charge in [0.15, 0.2) is 0 Å². The Bertz CT molecular complexity index is 137. The van der Waals surface area contributed by atoms with Crippen molar-refractivity contribution in [2.75, 3.05) is 6.54 Å². The second kappa shape index (κ2) is 10.7. The number of hydrogen-bond donors (Lipinski definition) is 1. The first kappa shape index (κ1) is 14.2. The molecular formula is C9H18ClNO. The summed E-state index contributed by atoms with van der Waals surface area (Å²) in [6.07, 6.45) is 3.76. The van der Waals surface area contributed by atoms with E-state index in [2.05, 4.69) is 6.92 Å². The number of halogens is 1. The molecule has 0 aromatic heterocycles. The molecule has 0 aliphatic heterocycles. The lowest BCUT2D eigenvalue weighted by Gasteiger charge is -1.80. The van der Waals surface area contributed by atoms with Crippen LogP contribution in [-0.2, 0) is 4.79 Å². The van der Waals surface area contributed by atoms with Crippen molar-refractivity contribution in [3.63, 3.8) is 0 Å². The van der Waals surface area contributed by atoms with E-state index in [0.29, 0.717) is 0 Å². The van der Waals surface area contributed by atoms with Gasteiger partial charge in [0.1, 0.15) is 0 Å². The zero-order chi connectivity index (χ0) is 9.98. The molecular weight excluding hydrogens is 174 g/mol. The van der Waals surface area contributed by atoms with E-state index in [0.717, 1.165) is 12.1 Å². The normalized spacial score (nSPS) is 8.08. The fourth-order valence-electron chi connectivity index (χ4n) is 0.431. The van der Waals surface area contributed by atoms with Crippen LogP contribution in [0.15, 0.2) is 11.6 Å². The first-order valence-electron chi connectivity index (χ1n) is 4.09. The standard InChI is InChI=1S/C5H7ClO.C4H11N/c1-4(2)3-5(6)7;1-2-3-4-5/h3H,1-2H3;2-5H2,1H3. The molecule has 0 aliphatic rings. The summed E-state index contributed by atoms with van der Waals surface area (Å²) in [6, 6.07) is 0. The van der Waals surface area contributed by atoms with Crippen molar-refractivity contribution in [1.29, 1.82) is 0 Å². The maximum atomic E-state index is 9.94. The van der Waals surface area contributed by atoms with E-state index < -0.39 is 5.24 Å². The Morgan fingerprint density at radius 2 is 2.00 bits per heavy atom. The maximum absolute atomic E-state index is 9.94. The summed E-state index contributed by atoms with van der Waals surface area (Å²) in [5, 5.41) is -0.403. The molecule has 0 radical (unpaired) electrons. The van der Waals surface area contributed by atoms with Crippen LogP contribution >= 0.6 is 11.6 Å². The molecule has 0 bridgehead atoms. The van der Waals surface area contributed by atoms with Gasteiger partial charge < -0.3 is 5.73 Å². The number of nitrogens with two attached hydrogens (primary N) is 1. The highest BCUT2D eigenvalue weighted by Crippen LogP contribution is 1.90. The van der Waals surface area contributed by atoms with Crippen LogP contribution in [0, 0.1) is 0 Å². The van der Waals surface area contributed by atoms with Crippen LogP contribution in [-0.4, -0.2) is 11.8 Å². The quantitative estimate of drug-likeness (QED) is 0.550. The summed E-state index contributed by atoms with van der Waals surface area (Å²) in [5.41, 5.74) is 6.07. The van der Waals surface area contributed by atoms with E-state index in [1.807, 2.05) is 13.8 Å². The van der Waals surface area contributed by atoms with Crippen molar-refractivity contribution >= 4 is 16.8 Å². The predicted octanol–water partition coefficient (Wildman–Crippen LogP) is 2.46. The molecule has 0 fully saturated rings. The Balaban J connectivity index is 0. The summed E-state index contributed by atoms with van der Waals surface area (Å²) < 4.78 is 0. The van der Waals surface area contributed by atoms with Gasteiger partial charge in [0, 0.05) is 0 Å². The van der Waals surface area contributed by atoms with E-state index in [9.17, 15) is 4.79 Å². The number of allylic oxidation sites excluding steroid dienone is 2. The Morgan fingerprint density at radius 1 is 1.50 bits per heavy atom. The van der Waals surface area contributed by atoms with Crippen LogP contribution in [0.4, 0.5) is 0 Å². The van der Waals surface area contributed by atoms with Gasteiger partial charge in [-0.2, -0.15) is 0 Å². The Hall–Kier alpha value is -0.340. The molecule has 0 saturated heterocycles. The monoisotopic (exact) mass is 191 g/mol. The van der Waals surface area contributed by atoms with Gasteiger partial charge in [-0.1, -0.05) is 18.9 Å².